The van der Waals surface area contributed by atoms with Gasteiger partial charge in [0.1, 0.15) is 5.60 Å². The predicted octanol–water partition coefficient (Wildman–Crippen LogP) is 1.64. The van der Waals surface area contributed by atoms with Gasteiger partial charge >= 0.3 is 6.09 Å². The van der Waals surface area contributed by atoms with E-state index in [2.05, 4.69) is 10.2 Å². The van der Waals surface area contributed by atoms with Crippen LogP contribution in [0.2, 0.25) is 0 Å². The second kappa shape index (κ2) is 7.53. The lowest BCUT2D eigenvalue weighted by molar-refractivity contribution is -0.114. The van der Waals surface area contributed by atoms with E-state index in [9.17, 15) is 9.59 Å². The molecule has 1 fully saturated rings. The Morgan fingerprint density at radius 2 is 1.71 bits per heavy atom. The quantitative estimate of drug-likeness (QED) is 0.877. The van der Waals surface area contributed by atoms with Gasteiger partial charge in [0.15, 0.2) is 0 Å². The molecule has 1 heterocycles. The zero-order chi connectivity index (χ0) is 17.7. The van der Waals surface area contributed by atoms with Crippen molar-refractivity contribution in [1.29, 1.82) is 0 Å². The Balaban J connectivity index is 1.88. The number of carbonyl (C=O) groups is 2. The fourth-order valence-electron chi connectivity index (χ4n) is 2.44. The van der Waals surface area contributed by atoms with Crippen LogP contribution in [0.3, 0.4) is 0 Å². The normalized spacial score (nSPS) is 15.2. The van der Waals surface area contributed by atoms with Gasteiger partial charge in [-0.1, -0.05) is 0 Å². The Kier molecular flexibility index (Phi) is 5.66. The summed E-state index contributed by atoms with van der Waals surface area (Å²) in [4.78, 5) is 27.3. The summed E-state index contributed by atoms with van der Waals surface area (Å²) in [5.41, 5.74) is 6.59. The van der Waals surface area contributed by atoms with Crippen molar-refractivity contribution in [2.75, 3.05) is 42.9 Å². The van der Waals surface area contributed by atoms with Crippen LogP contribution in [0.1, 0.15) is 20.8 Å². The fraction of sp³-hybridized carbons (Fsp3) is 0.529. The minimum Gasteiger partial charge on any atom is -0.444 e. The summed E-state index contributed by atoms with van der Waals surface area (Å²) in [6, 6.07) is 7.61. The first kappa shape index (κ1) is 18.1. The van der Waals surface area contributed by atoms with E-state index in [1.165, 1.54) is 0 Å². The molecule has 0 aromatic heterocycles. The van der Waals surface area contributed by atoms with Crippen LogP contribution in [0.15, 0.2) is 24.3 Å². The Morgan fingerprint density at radius 3 is 2.21 bits per heavy atom. The average Bonchev–Trinajstić information content (AvgIpc) is 2.54. The van der Waals surface area contributed by atoms with Gasteiger partial charge in [0.05, 0.1) is 6.54 Å². The summed E-state index contributed by atoms with van der Waals surface area (Å²) in [5, 5.41) is 2.71. The van der Waals surface area contributed by atoms with Crippen molar-refractivity contribution in [3.05, 3.63) is 24.3 Å². The third kappa shape index (κ3) is 5.13. The number of nitrogens with one attached hydrogen (secondary N) is 1. The van der Waals surface area contributed by atoms with Crippen LogP contribution in [0.4, 0.5) is 16.2 Å². The number of nitrogens with two attached hydrogens (primary N) is 1. The van der Waals surface area contributed by atoms with Crippen molar-refractivity contribution in [3.8, 4) is 0 Å². The van der Waals surface area contributed by atoms with E-state index in [0.717, 1.165) is 24.5 Å². The highest BCUT2D eigenvalue weighted by molar-refractivity contribution is 5.92. The van der Waals surface area contributed by atoms with Crippen molar-refractivity contribution in [2.45, 2.75) is 26.4 Å². The molecule has 0 saturated carbocycles. The van der Waals surface area contributed by atoms with Crippen LogP contribution in [0.25, 0.3) is 0 Å². The molecule has 3 N–H and O–H groups in total. The number of rotatable bonds is 3. The molecule has 1 aromatic carbocycles. The largest absolute Gasteiger partial charge is 0.444 e. The lowest BCUT2D eigenvalue weighted by atomic mass is 10.2. The summed E-state index contributed by atoms with van der Waals surface area (Å²) in [7, 11) is 0. The number of hydrogen-bond acceptors (Lipinski definition) is 5. The van der Waals surface area contributed by atoms with Gasteiger partial charge in [-0.25, -0.2) is 4.79 Å². The second-order valence-corrected chi connectivity index (χ2v) is 6.75. The van der Waals surface area contributed by atoms with Crippen LogP contribution >= 0.6 is 0 Å². The first-order valence-corrected chi connectivity index (χ1v) is 8.11. The summed E-state index contributed by atoms with van der Waals surface area (Å²) in [5.74, 6) is -0.214. The molecule has 24 heavy (non-hydrogen) atoms. The molecule has 0 unspecified atom stereocenters. The van der Waals surface area contributed by atoms with Crippen LogP contribution in [0.5, 0.6) is 0 Å². The average molecular weight is 334 g/mol. The highest BCUT2D eigenvalue weighted by Crippen LogP contribution is 2.20. The molecular formula is C17H26N4O3. The highest BCUT2D eigenvalue weighted by Gasteiger charge is 2.25. The Morgan fingerprint density at radius 1 is 1.12 bits per heavy atom. The number of carbonyl (C=O) groups excluding carboxylic acids is 2. The van der Waals surface area contributed by atoms with Gasteiger partial charge in [0.25, 0.3) is 0 Å². The van der Waals surface area contributed by atoms with Gasteiger partial charge in [-0.3, -0.25) is 4.79 Å². The lowest BCUT2D eigenvalue weighted by Crippen LogP contribution is -2.50. The third-order valence-electron chi connectivity index (χ3n) is 3.63. The minimum atomic E-state index is -0.474. The topological polar surface area (TPSA) is 87.9 Å². The van der Waals surface area contributed by atoms with E-state index in [0.29, 0.717) is 13.1 Å². The van der Waals surface area contributed by atoms with E-state index in [4.69, 9.17) is 10.5 Å². The van der Waals surface area contributed by atoms with Crippen LogP contribution < -0.4 is 16.0 Å². The van der Waals surface area contributed by atoms with Crippen molar-refractivity contribution in [1.82, 2.24) is 4.90 Å². The van der Waals surface area contributed by atoms with Crippen LogP contribution in [-0.2, 0) is 9.53 Å². The number of nitrogens with zero attached hydrogens (tertiary/aromatic N) is 2. The Bertz CT molecular complexity index is 572. The number of piperazine rings is 1. The standard InChI is InChI=1S/C17H26N4O3/c1-17(2,3)24-16(23)21-10-8-20(9-11-21)14-6-4-13(5-7-14)19-15(22)12-18/h4-7H,8-12,18H2,1-3H3,(H,19,22). The maximum atomic E-state index is 12.1. The molecule has 2 amide bonds. The number of hydrogen-bond donors (Lipinski definition) is 2. The van der Waals surface area contributed by atoms with Gasteiger partial charge in [0.2, 0.25) is 5.91 Å². The Labute approximate surface area is 142 Å². The van der Waals surface area contributed by atoms with E-state index in [1.807, 2.05) is 45.0 Å². The minimum absolute atomic E-state index is 0.0334. The summed E-state index contributed by atoms with van der Waals surface area (Å²) in [6.45, 7) is 8.31. The summed E-state index contributed by atoms with van der Waals surface area (Å²) < 4.78 is 5.40. The number of anilines is 2. The van der Waals surface area contributed by atoms with Crippen molar-refractivity contribution in [3.63, 3.8) is 0 Å². The van der Waals surface area contributed by atoms with Gasteiger partial charge < -0.3 is 25.6 Å². The molecule has 0 atom stereocenters. The molecule has 1 saturated heterocycles. The predicted molar refractivity (Wildman–Crippen MR) is 94.1 cm³/mol. The van der Waals surface area contributed by atoms with Crippen molar-refractivity contribution in [2.24, 2.45) is 5.73 Å². The highest BCUT2D eigenvalue weighted by atomic mass is 16.6. The first-order chi connectivity index (χ1) is 11.3. The van der Waals surface area contributed by atoms with Gasteiger partial charge in [-0.2, -0.15) is 0 Å². The second-order valence-electron chi connectivity index (χ2n) is 6.75. The molecule has 132 valence electrons. The molecule has 1 aliphatic heterocycles. The maximum absolute atomic E-state index is 12.1. The first-order valence-electron chi connectivity index (χ1n) is 8.11. The van der Waals surface area contributed by atoms with Crippen LogP contribution in [-0.4, -0.2) is 55.2 Å². The van der Waals surface area contributed by atoms with E-state index in [1.54, 1.807) is 4.90 Å². The lowest BCUT2D eigenvalue weighted by Gasteiger charge is -2.36. The molecule has 1 aliphatic rings. The molecule has 1 aromatic rings. The number of ether oxygens (including phenoxy) is 1. The number of amides is 2. The van der Waals surface area contributed by atoms with E-state index >= 15 is 0 Å². The van der Waals surface area contributed by atoms with E-state index in [-0.39, 0.29) is 18.5 Å². The molecule has 0 spiro atoms. The molecule has 0 aliphatic carbocycles. The zero-order valence-corrected chi connectivity index (χ0v) is 14.5. The summed E-state index contributed by atoms with van der Waals surface area (Å²) >= 11 is 0. The van der Waals surface area contributed by atoms with Gasteiger partial charge in [-0.05, 0) is 45.0 Å². The van der Waals surface area contributed by atoms with E-state index < -0.39 is 5.60 Å². The monoisotopic (exact) mass is 334 g/mol. The number of benzene rings is 1. The molecular weight excluding hydrogens is 308 g/mol. The maximum Gasteiger partial charge on any atom is 0.410 e. The molecule has 0 bridgehead atoms. The van der Waals surface area contributed by atoms with Gasteiger partial charge in [0, 0.05) is 37.6 Å². The summed E-state index contributed by atoms with van der Waals surface area (Å²) in [6.07, 6.45) is -0.262. The van der Waals surface area contributed by atoms with Crippen molar-refractivity contribution < 1.29 is 14.3 Å². The fourth-order valence-corrected chi connectivity index (χ4v) is 2.44. The smallest absolute Gasteiger partial charge is 0.410 e. The zero-order valence-electron chi connectivity index (χ0n) is 14.5. The SMILES string of the molecule is CC(C)(C)OC(=O)N1CCN(c2ccc(NC(=O)CN)cc2)CC1. The third-order valence-corrected chi connectivity index (χ3v) is 3.63. The van der Waals surface area contributed by atoms with Gasteiger partial charge in [-0.15, -0.1) is 0 Å². The Hall–Kier alpha value is -2.28. The molecule has 0 radical (unpaired) electrons. The molecule has 7 nitrogen and oxygen atoms in total. The molecule has 2 rings (SSSR count). The van der Waals surface area contributed by atoms with Crippen LogP contribution in [0, 0.1) is 0 Å². The molecule has 7 heteroatoms. The van der Waals surface area contributed by atoms with Crippen molar-refractivity contribution >= 4 is 23.4 Å².